The molecule has 0 fully saturated rings. The molecule has 0 aliphatic heterocycles. The first-order valence-corrected chi connectivity index (χ1v) is 41.9. The van der Waals surface area contributed by atoms with Crippen LogP contribution in [0, 0.1) is 17.8 Å². The van der Waals surface area contributed by atoms with E-state index in [2.05, 4.69) is 48.5 Å². The number of esters is 4. The summed E-state index contributed by atoms with van der Waals surface area (Å²) in [6.45, 7) is 11.9. The van der Waals surface area contributed by atoms with Crippen molar-refractivity contribution >= 4 is 39.5 Å². The molecule has 0 rings (SSSR count). The normalized spacial score (nSPS) is 14.4. The number of unbranched alkanes of at least 4 members (excludes halogenated alkanes) is 40. The lowest BCUT2D eigenvalue weighted by Gasteiger charge is -2.21. The van der Waals surface area contributed by atoms with Crippen LogP contribution >= 0.6 is 15.6 Å². The number of aliphatic hydroxyl groups excluding tert-OH is 1. The van der Waals surface area contributed by atoms with E-state index in [1.54, 1.807) is 0 Å². The van der Waals surface area contributed by atoms with Crippen LogP contribution in [-0.2, 0) is 65.4 Å². The van der Waals surface area contributed by atoms with Gasteiger partial charge in [-0.3, -0.25) is 37.3 Å². The van der Waals surface area contributed by atoms with Gasteiger partial charge in [-0.15, -0.1) is 0 Å². The number of hydrogen-bond acceptors (Lipinski definition) is 15. The first-order chi connectivity index (χ1) is 45.3. The van der Waals surface area contributed by atoms with Gasteiger partial charge in [-0.2, -0.15) is 0 Å². The molecule has 0 bridgehead atoms. The Morgan fingerprint density at radius 2 is 0.543 bits per heavy atom. The molecule has 0 aromatic carbocycles. The van der Waals surface area contributed by atoms with Gasteiger partial charge in [0.05, 0.1) is 26.4 Å². The molecule has 0 saturated carbocycles. The van der Waals surface area contributed by atoms with Gasteiger partial charge in [-0.25, -0.2) is 9.13 Å². The van der Waals surface area contributed by atoms with Gasteiger partial charge in [-0.05, 0) is 43.4 Å². The van der Waals surface area contributed by atoms with E-state index in [-0.39, 0.29) is 25.7 Å². The third-order valence-electron chi connectivity index (χ3n) is 17.7. The van der Waals surface area contributed by atoms with Crippen molar-refractivity contribution in [3.8, 4) is 0 Å². The minimum atomic E-state index is -4.96. The molecule has 19 heteroatoms. The fourth-order valence-electron chi connectivity index (χ4n) is 11.4. The van der Waals surface area contributed by atoms with E-state index in [0.717, 1.165) is 108 Å². The first-order valence-electron chi connectivity index (χ1n) is 38.9. The fourth-order valence-corrected chi connectivity index (χ4v) is 13.0. The zero-order valence-electron chi connectivity index (χ0n) is 61.4. The van der Waals surface area contributed by atoms with Gasteiger partial charge in [0.2, 0.25) is 0 Å². The fraction of sp³-hybridized carbons (Fsp3) is 0.947. The third kappa shape index (κ3) is 67.3. The SMILES string of the molecule is CCCCCCCCCCCCCCCCC(=O)OC[C@H](COP(=O)(O)OC[C@@H](O)COP(=O)(O)OC[C@@H](COC(=O)CCCCCCCCCCC(C)CC)OC(=O)CCCCCCCCCCCC(C)C)OC(=O)CCCCCCCCCCCCCCCC(C)C. The lowest BCUT2D eigenvalue weighted by atomic mass is 9.99. The Morgan fingerprint density at radius 3 is 0.809 bits per heavy atom. The van der Waals surface area contributed by atoms with Crippen molar-refractivity contribution in [3.63, 3.8) is 0 Å². The minimum Gasteiger partial charge on any atom is -0.462 e. The number of phosphoric acid groups is 2. The maximum atomic E-state index is 13.1. The van der Waals surface area contributed by atoms with Gasteiger partial charge in [0.1, 0.15) is 19.3 Å². The van der Waals surface area contributed by atoms with Crippen molar-refractivity contribution < 1.29 is 80.2 Å². The van der Waals surface area contributed by atoms with Crippen molar-refractivity contribution in [1.29, 1.82) is 0 Å². The van der Waals surface area contributed by atoms with Gasteiger partial charge >= 0.3 is 39.5 Å². The Kier molecular flexibility index (Phi) is 64.3. The average molecular weight is 1380 g/mol. The van der Waals surface area contributed by atoms with Crippen LogP contribution in [0.1, 0.15) is 382 Å². The summed E-state index contributed by atoms with van der Waals surface area (Å²) in [5.41, 5.74) is 0. The van der Waals surface area contributed by atoms with Crippen molar-refractivity contribution in [1.82, 2.24) is 0 Å². The predicted molar refractivity (Wildman–Crippen MR) is 381 cm³/mol. The molecule has 94 heavy (non-hydrogen) atoms. The molecule has 0 spiro atoms. The number of hydrogen-bond donors (Lipinski definition) is 3. The van der Waals surface area contributed by atoms with E-state index in [1.807, 2.05) is 0 Å². The van der Waals surface area contributed by atoms with Crippen LogP contribution < -0.4 is 0 Å². The summed E-state index contributed by atoms with van der Waals surface area (Å²) in [5.74, 6) is 0.182. The molecule has 0 aromatic rings. The molecule has 0 radical (unpaired) electrons. The molecule has 0 saturated heterocycles. The molecule has 17 nitrogen and oxygen atoms in total. The van der Waals surface area contributed by atoms with Gasteiger partial charge < -0.3 is 33.8 Å². The monoisotopic (exact) mass is 1380 g/mol. The summed E-state index contributed by atoms with van der Waals surface area (Å²) in [6.07, 6.45) is 51.2. The molecule has 0 amide bonds. The highest BCUT2D eigenvalue weighted by Crippen LogP contribution is 2.45. The van der Waals surface area contributed by atoms with Crippen molar-refractivity contribution in [2.24, 2.45) is 17.8 Å². The van der Waals surface area contributed by atoms with Crippen LogP contribution in [0.3, 0.4) is 0 Å². The quantitative estimate of drug-likeness (QED) is 0.0222. The van der Waals surface area contributed by atoms with Crippen LogP contribution in [0.25, 0.3) is 0 Å². The molecule has 558 valence electrons. The number of rotatable bonds is 73. The van der Waals surface area contributed by atoms with Crippen LogP contribution in [0.5, 0.6) is 0 Å². The first kappa shape index (κ1) is 92.1. The Hall–Kier alpha value is -1.94. The molecule has 3 unspecified atom stereocenters. The molecular weight excluding hydrogens is 1230 g/mol. The van der Waals surface area contributed by atoms with E-state index < -0.39 is 97.5 Å². The third-order valence-corrected chi connectivity index (χ3v) is 19.6. The topological polar surface area (TPSA) is 237 Å². The summed E-state index contributed by atoms with van der Waals surface area (Å²) in [5, 5.41) is 10.6. The number of carbonyl (C=O) groups excluding carboxylic acids is 4. The van der Waals surface area contributed by atoms with Crippen LogP contribution in [0.4, 0.5) is 0 Å². The Morgan fingerprint density at radius 1 is 0.309 bits per heavy atom. The minimum absolute atomic E-state index is 0.105. The molecule has 0 aliphatic rings. The summed E-state index contributed by atoms with van der Waals surface area (Å²) >= 11 is 0. The number of carbonyl (C=O) groups is 4. The lowest BCUT2D eigenvalue weighted by molar-refractivity contribution is -0.161. The average Bonchev–Trinajstić information content (AvgIpc) is 1.40. The Balaban J connectivity index is 5.27. The largest absolute Gasteiger partial charge is 0.472 e. The molecule has 0 heterocycles. The summed E-state index contributed by atoms with van der Waals surface area (Å²) in [4.78, 5) is 72.8. The lowest BCUT2D eigenvalue weighted by Crippen LogP contribution is -2.30. The van der Waals surface area contributed by atoms with Crippen LogP contribution in [-0.4, -0.2) is 96.7 Å². The second kappa shape index (κ2) is 65.7. The van der Waals surface area contributed by atoms with E-state index >= 15 is 0 Å². The number of phosphoric ester groups is 2. The van der Waals surface area contributed by atoms with Gasteiger partial charge in [-0.1, -0.05) is 331 Å². The van der Waals surface area contributed by atoms with Gasteiger partial charge in [0.15, 0.2) is 12.2 Å². The summed E-state index contributed by atoms with van der Waals surface area (Å²) < 4.78 is 68.5. The number of ether oxygens (including phenoxy) is 4. The highest BCUT2D eigenvalue weighted by Gasteiger charge is 2.30. The van der Waals surface area contributed by atoms with Crippen molar-refractivity contribution in [2.75, 3.05) is 39.6 Å². The van der Waals surface area contributed by atoms with E-state index in [4.69, 9.17) is 37.0 Å². The van der Waals surface area contributed by atoms with E-state index in [9.17, 15) is 43.2 Å². The van der Waals surface area contributed by atoms with Gasteiger partial charge in [0, 0.05) is 25.7 Å². The molecule has 0 aliphatic carbocycles. The zero-order chi connectivity index (χ0) is 69.4. The van der Waals surface area contributed by atoms with Crippen LogP contribution in [0.2, 0.25) is 0 Å². The maximum Gasteiger partial charge on any atom is 0.472 e. The van der Waals surface area contributed by atoms with Crippen molar-refractivity contribution in [2.45, 2.75) is 401 Å². The molecule has 3 N–H and O–H groups in total. The van der Waals surface area contributed by atoms with E-state index in [0.29, 0.717) is 25.7 Å². The Bertz CT molecular complexity index is 1840. The standard InChI is InChI=1S/C75H146O17P2/c1-8-10-11-12-13-14-15-16-19-22-27-35-42-49-56-72(77)85-62-70(91-74(79)58-51-44-37-28-23-20-17-18-21-25-32-39-46-53-66(3)4)64-89-93(81,82)87-60-69(76)61-88-94(83,84)90-65-71(92-75(80)59-52-45-38-29-24-26-33-40-47-54-67(5)6)63-86-73(78)57-50-43-36-31-30-34-41-48-55-68(7)9-2/h66-71,76H,8-65H2,1-7H3,(H,81,82)(H,83,84)/t68?,69-,70-,71-/m1/s1. The predicted octanol–water partition coefficient (Wildman–Crippen LogP) is 21.8. The molecule has 0 aromatic heterocycles. The smallest absolute Gasteiger partial charge is 0.462 e. The van der Waals surface area contributed by atoms with Gasteiger partial charge in [0.25, 0.3) is 0 Å². The molecule has 6 atom stereocenters. The summed E-state index contributed by atoms with van der Waals surface area (Å²) in [7, 11) is -9.91. The zero-order valence-corrected chi connectivity index (χ0v) is 63.2. The number of aliphatic hydroxyl groups is 1. The second-order valence-electron chi connectivity index (χ2n) is 28.2. The van der Waals surface area contributed by atoms with E-state index in [1.165, 1.54) is 193 Å². The highest BCUT2D eigenvalue weighted by atomic mass is 31.2. The maximum absolute atomic E-state index is 13.1. The molecular formula is C75H146O17P2. The Labute approximate surface area is 575 Å². The highest BCUT2D eigenvalue weighted by molar-refractivity contribution is 7.47. The summed E-state index contributed by atoms with van der Waals surface area (Å²) in [6, 6.07) is 0. The van der Waals surface area contributed by atoms with Crippen LogP contribution in [0.15, 0.2) is 0 Å². The second-order valence-corrected chi connectivity index (χ2v) is 31.1. The van der Waals surface area contributed by atoms with Crippen molar-refractivity contribution in [3.05, 3.63) is 0 Å².